The van der Waals surface area contributed by atoms with Crippen LogP contribution in [-0.2, 0) is 0 Å². The fourth-order valence-electron chi connectivity index (χ4n) is 5.97. The van der Waals surface area contributed by atoms with E-state index in [-0.39, 0.29) is 10.8 Å². The lowest BCUT2D eigenvalue weighted by Gasteiger charge is -2.59. The van der Waals surface area contributed by atoms with Gasteiger partial charge in [0, 0.05) is 5.41 Å². The van der Waals surface area contributed by atoms with Crippen LogP contribution in [0.15, 0.2) is 23.8 Å². The average molecular weight is 320 g/mol. The van der Waals surface area contributed by atoms with Gasteiger partial charge in [0.25, 0.3) is 0 Å². The van der Waals surface area contributed by atoms with Gasteiger partial charge in [0.15, 0.2) is 0 Å². The third-order valence-corrected chi connectivity index (χ3v) is 7.33. The lowest BCUT2D eigenvalue weighted by molar-refractivity contribution is -0.0664. The van der Waals surface area contributed by atoms with Crippen LogP contribution in [0.3, 0.4) is 0 Å². The second-order valence-electron chi connectivity index (χ2n) is 9.27. The molecular formula is C20H32O3. The lowest BCUT2D eigenvalue weighted by atomic mass is 9.46. The van der Waals surface area contributed by atoms with Crippen LogP contribution in [0.25, 0.3) is 0 Å². The fourth-order valence-corrected chi connectivity index (χ4v) is 5.97. The van der Waals surface area contributed by atoms with Gasteiger partial charge >= 0.3 is 0 Å². The van der Waals surface area contributed by atoms with Crippen LogP contribution in [0.4, 0.5) is 0 Å². The Hall–Kier alpha value is -0.640. The fraction of sp³-hybridized carbons (Fsp3) is 0.800. The van der Waals surface area contributed by atoms with Crippen LogP contribution >= 0.6 is 0 Å². The van der Waals surface area contributed by atoms with E-state index in [1.54, 1.807) is 6.08 Å². The molecule has 0 aromatic carbocycles. The Labute approximate surface area is 140 Å². The molecule has 23 heavy (non-hydrogen) atoms. The first-order valence-electron chi connectivity index (χ1n) is 8.99. The molecule has 0 heterocycles. The van der Waals surface area contributed by atoms with Gasteiger partial charge in [0.1, 0.15) is 0 Å². The third-order valence-electron chi connectivity index (χ3n) is 7.33. The van der Waals surface area contributed by atoms with Gasteiger partial charge in [0.2, 0.25) is 0 Å². The Kier molecular flexibility index (Phi) is 3.87. The number of hydrogen-bond donors (Lipinski definition) is 3. The first-order chi connectivity index (χ1) is 10.6. The van der Waals surface area contributed by atoms with Crippen LogP contribution in [0.1, 0.15) is 59.8 Å². The monoisotopic (exact) mass is 320 g/mol. The molecular weight excluding hydrogens is 288 g/mol. The van der Waals surface area contributed by atoms with Crippen molar-refractivity contribution in [3.05, 3.63) is 23.8 Å². The first-order valence-corrected chi connectivity index (χ1v) is 8.99. The van der Waals surface area contributed by atoms with Gasteiger partial charge in [-0.25, -0.2) is 0 Å². The van der Waals surface area contributed by atoms with E-state index in [1.165, 1.54) is 0 Å². The van der Waals surface area contributed by atoms with Gasteiger partial charge < -0.3 is 15.3 Å². The molecule has 1 saturated carbocycles. The highest BCUT2D eigenvalue weighted by atomic mass is 16.3. The summed E-state index contributed by atoms with van der Waals surface area (Å²) in [6, 6.07) is 0. The van der Waals surface area contributed by atoms with Crippen LogP contribution in [0.2, 0.25) is 0 Å². The van der Waals surface area contributed by atoms with Crippen molar-refractivity contribution in [2.45, 2.75) is 78.1 Å². The number of aliphatic hydroxyl groups is 3. The SMILES string of the molecule is C=C[C@@]1(C)C[C@H](O)C2=C([C@H](O)C[C@H]3C(C)(C)CCC[C@]23C)[C@H]1O. The zero-order valence-electron chi connectivity index (χ0n) is 15.0. The normalized spacial score (nSPS) is 49.3. The van der Waals surface area contributed by atoms with E-state index in [1.807, 2.05) is 6.92 Å². The summed E-state index contributed by atoms with van der Waals surface area (Å²) in [4.78, 5) is 0. The molecule has 0 amide bonds. The van der Waals surface area contributed by atoms with Crippen molar-refractivity contribution in [1.82, 2.24) is 0 Å². The van der Waals surface area contributed by atoms with Crippen LogP contribution in [0, 0.1) is 22.2 Å². The Bertz CT molecular complexity index is 549. The highest BCUT2D eigenvalue weighted by molar-refractivity contribution is 5.41. The Balaban J connectivity index is 2.17. The van der Waals surface area contributed by atoms with Crippen LogP contribution < -0.4 is 0 Å². The molecule has 3 aliphatic rings. The van der Waals surface area contributed by atoms with E-state index in [0.29, 0.717) is 24.3 Å². The highest BCUT2D eigenvalue weighted by Crippen LogP contribution is 2.62. The van der Waals surface area contributed by atoms with E-state index in [9.17, 15) is 15.3 Å². The molecule has 3 aliphatic carbocycles. The highest BCUT2D eigenvalue weighted by Gasteiger charge is 2.58. The second kappa shape index (κ2) is 5.18. The molecule has 0 bridgehead atoms. The quantitative estimate of drug-likeness (QED) is 0.650. The summed E-state index contributed by atoms with van der Waals surface area (Å²) in [5.41, 5.74) is 1.06. The van der Waals surface area contributed by atoms with Crippen molar-refractivity contribution in [3.63, 3.8) is 0 Å². The third kappa shape index (κ3) is 2.27. The minimum absolute atomic E-state index is 0.126. The average Bonchev–Trinajstić information content (AvgIpc) is 2.45. The smallest absolute Gasteiger partial charge is 0.0867 e. The summed E-state index contributed by atoms with van der Waals surface area (Å²) in [6.07, 6.45) is 4.19. The van der Waals surface area contributed by atoms with E-state index in [4.69, 9.17) is 0 Å². The molecule has 130 valence electrons. The maximum absolute atomic E-state index is 11.0. The summed E-state index contributed by atoms with van der Waals surface area (Å²) in [5, 5.41) is 32.7. The topological polar surface area (TPSA) is 60.7 Å². The van der Waals surface area contributed by atoms with Gasteiger partial charge in [0.05, 0.1) is 18.3 Å². The Morgan fingerprint density at radius 1 is 1.04 bits per heavy atom. The van der Waals surface area contributed by atoms with Gasteiger partial charge in [-0.15, -0.1) is 6.58 Å². The zero-order valence-corrected chi connectivity index (χ0v) is 15.0. The first kappa shape index (κ1) is 17.2. The maximum atomic E-state index is 11.0. The number of rotatable bonds is 1. The minimum Gasteiger partial charge on any atom is -0.389 e. The summed E-state index contributed by atoms with van der Waals surface area (Å²) >= 11 is 0. The van der Waals surface area contributed by atoms with Crippen molar-refractivity contribution in [2.24, 2.45) is 22.2 Å². The summed E-state index contributed by atoms with van der Waals surface area (Å²) < 4.78 is 0. The maximum Gasteiger partial charge on any atom is 0.0867 e. The van der Waals surface area contributed by atoms with Gasteiger partial charge in [-0.2, -0.15) is 0 Å². The number of hydrogen-bond acceptors (Lipinski definition) is 3. The van der Waals surface area contributed by atoms with Crippen molar-refractivity contribution >= 4 is 0 Å². The molecule has 3 heteroatoms. The molecule has 0 aromatic heterocycles. The molecule has 0 unspecified atom stereocenters. The molecule has 0 saturated heterocycles. The van der Waals surface area contributed by atoms with E-state index < -0.39 is 23.7 Å². The molecule has 0 aliphatic heterocycles. The van der Waals surface area contributed by atoms with Crippen molar-refractivity contribution in [1.29, 1.82) is 0 Å². The number of aliphatic hydroxyl groups excluding tert-OH is 3. The van der Waals surface area contributed by atoms with E-state index >= 15 is 0 Å². The summed E-state index contributed by atoms with van der Waals surface area (Å²) in [6.45, 7) is 12.6. The molecule has 1 fully saturated rings. The summed E-state index contributed by atoms with van der Waals surface area (Å²) in [5.74, 6) is 0.340. The Morgan fingerprint density at radius 2 is 1.70 bits per heavy atom. The van der Waals surface area contributed by atoms with Crippen LogP contribution in [-0.4, -0.2) is 33.6 Å². The predicted molar refractivity (Wildman–Crippen MR) is 91.8 cm³/mol. The predicted octanol–water partition coefficient (Wildman–Crippen LogP) is 3.20. The largest absolute Gasteiger partial charge is 0.389 e. The minimum atomic E-state index is -0.754. The molecule has 0 radical (unpaired) electrons. The molecule has 6 atom stereocenters. The molecule has 3 nitrogen and oxygen atoms in total. The molecule has 0 spiro atoms. The molecule has 0 aromatic rings. The number of fused-ring (bicyclic) bond motifs is 2. The van der Waals surface area contributed by atoms with Gasteiger partial charge in [-0.05, 0) is 53.6 Å². The molecule has 3 rings (SSSR count). The second-order valence-corrected chi connectivity index (χ2v) is 9.27. The van der Waals surface area contributed by atoms with Crippen molar-refractivity contribution in [3.8, 4) is 0 Å². The lowest BCUT2D eigenvalue weighted by Crippen LogP contribution is -2.56. The summed E-state index contributed by atoms with van der Waals surface area (Å²) in [7, 11) is 0. The van der Waals surface area contributed by atoms with Gasteiger partial charge in [-0.1, -0.05) is 40.2 Å². The van der Waals surface area contributed by atoms with E-state index in [2.05, 4.69) is 27.4 Å². The standard InChI is InChI=1S/C20H32O3/c1-6-19(4)11-13(22)16-15(17(19)23)12(21)10-14-18(2,3)8-7-9-20(14,16)5/h6,12-14,17,21-23H,1,7-11H2,2-5H3/t12-,13+,14+,17-,19+,20+/m1/s1. The van der Waals surface area contributed by atoms with Crippen LogP contribution in [0.5, 0.6) is 0 Å². The van der Waals surface area contributed by atoms with Crippen molar-refractivity contribution in [2.75, 3.05) is 0 Å². The molecule has 3 N–H and O–H groups in total. The zero-order chi connectivity index (χ0) is 17.2. The van der Waals surface area contributed by atoms with Gasteiger partial charge in [-0.3, -0.25) is 0 Å². The van der Waals surface area contributed by atoms with Crippen molar-refractivity contribution < 1.29 is 15.3 Å². The Morgan fingerprint density at radius 3 is 2.30 bits per heavy atom. The van der Waals surface area contributed by atoms with E-state index in [0.717, 1.165) is 24.8 Å².